The highest BCUT2D eigenvalue weighted by atomic mass is 32.2. The highest BCUT2D eigenvalue weighted by Crippen LogP contribution is 2.07. The average Bonchev–Trinajstić information content (AvgIpc) is 2.10. The van der Waals surface area contributed by atoms with Gasteiger partial charge in [0.05, 0.1) is 17.5 Å². The van der Waals surface area contributed by atoms with Crippen LogP contribution in [0.1, 0.15) is 6.42 Å². The molecular weight excluding hydrogens is 138 g/mol. The number of quaternary nitrogens is 1. The van der Waals surface area contributed by atoms with Gasteiger partial charge in [0, 0.05) is 6.42 Å². The molecule has 0 aromatic rings. The molecule has 0 spiro atoms. The molecule has 0 aliphatic carbocycles. The second-order valence-corrected chi connectivity index (χ2v) is 4.63. The molecule has 0 aromatic carbocycles. The van der Waals surface area contributed by atoms with E-state index in [-0.39, 0.29) is 6.04 Å². The first kappa shape index (κ1) is 7.02. The third kappa shape index (κ3) is 1.66. The van der Waals surface area contributed by atoms with Crippen molar-refractivity contribution in [3.63, 3.8) is 0 Å². The van der Waals surface area contributed by atoms with Gasteiger partial charge in [-0.1, -0.05) is 0 Å². The van der Waals surface area contributed by atoms with Crippen LogP contribution in [0.25, 0.3) is 0 Å². The molecule has 54 valence electrons. The van der Waals surface area contributed by atoms with Crippen molar-refractivity contribution in [1.29, 1.82) is 0 Å². The summed E-state index contributed by atoms with van der Waals surface area (Å²) >= 11 is 0. The molecule has 0 radical (unpaired) electrons. The van der Waals surface area contributed by atoms with Crippen molar-refractivity contribution in [2.45, 2.75) is 12.5 Å². The lowest BCUT2D eigenvalue weighted by Gasteiger charge is -2.04. The van der Waals surface area contributed by atoms with Crippen LogP contribution in [0.2, 0.25) is 0 Å². The molecular formula is C5H11NO2S. The summed E-state index contributed by atoms with van der Waals surface area (Å²) in [6.07, 6.45) is 0.770. The molecule has 1 aliphatic heterocycles. The smallest absolute Gasteiger partial charge is 0.156 e. The van der Waals surface area contributed by atoms with E-state index in [1.807, 2.05) is 0 Å². The predicted octanol–water partition coefficient (Wildman–Crippen LogP) is -1.47. The average molecular weight is 149 g/mol. The second-order valence-electron chi connectivity index (χ2n) is 2.40. The molecule has 1 unspecified atom stereocenters. The summed E-state index contributed by atoms with van der Waals surface area (Å²) in [6.45, 7) is 0. The van der Waals surface area contributed by atoms with E-state index in [2.05, 4.69) is 7.05 Å². The van der Waals surface area contributed by atoms with Crippen LogP contribution in [0, 0.1) is 7.05 Å². The summed E-state index contributed by atoms with van der Waals surface area (Å²) in [4.78, 5) is 0. The Hall–Kier alpha value is -0.0900. The van der Waals surface area contributed by atoms with Crippen LogP contribution in [0.4, 0.5) is 0 Å². The zero-order valence-corrected chi connectivity index (χ0v) is 6.02. The first-order valence-corrected chi connectivity index (χ1v) is 4.79. The molecule has 0 saturated carbocycles. The molecule has 4 heteroatoms. The van der Waals surface area contributed by atoms with Crippen LogP contribution < -0.4 is 5.32 Å². The summed E-state index contributed by atoms with van der Waals surface area (Å²) in [6, 6.07) is 0.218. The Labute approximate surface area is 55.4 Å². The Balaban J connectivity index is 2.58. The summed E-state index contributed by atoms with van der Waals surface area (Å²) < 4.78 is 21.5. The number of nitrogens with two attached hydrogens (primary N) is 1. The predicted molar refractivity (Wildman–Crippen MR) is 34.3 cm³/mol. The van der Waals surface area contributed by atoms with Gasteiger partial charge < -0.3 is 5.32 Å². The van der Waals surface area contributed by atoms with Crippen LogP contribution in [-0.2, 0) is 9.84 Å². The SMILES string of the molecule is [CH2-][NH2+]C1CCS(=O)(=O)C1. The van der Waals surface area contributed by atoms with E-state index in [4.69, 9.17) is 0 Å². The van der Waals surface area contributed by atoms with Crippen molar-refractivity contribution in [2.75, 3.05) is 11.5 Å². The van der Waals surface area contributed by atoms with E-state index in [0.717, 1.165) is 6.42 Å². The normalized spacial score (nSPS) is 32.8. The highest BCUT2D eigenvalue weighted by Gasteiger charge is 2.27. The van der Waals surface area contributed by atoms with Gasteiger partial charge in [0.1, 0.15) is 0 Å². The molecule has 9 heavy (non-hydrogen) atoms. The molecule has 1 fully saturated rings. The largest absolute Gasteiger partial charge is 0.476 e. The Morgan fingerprint density at radius 2 is 2.22 bits per heavy atom. The van der Waals surface area contributed by atoms with Gasteiger partial charge in [0.25, 0.3) is 0 Å². The molecule has 2 N–H and O–H groups in total. The van der Waals surface area contributed by atoms with Crippen LogP contribution in [0.5, 0.6) is 0 Å². The van der Waals surface area contributed by atoms with E-state index in [1.165, 1.54) is 0 Å². The quantitative estimate of drug-likeness (QED) is 0.463. The minimum atomic E-state index is -2.68. The van der Waals surface area contributed by atoms with Crippen LogP contribution in [-0.4, -0.2) is 26.0 Å². The van der Waals surface area contributed by atoms with Gasteiger partial charge in [-0.25, -0.2) is 8.42 Å². The molecule has 1 saturated heterocycles. The van der Waals surface area contributed by atoms with Crippen LogP contribution in [0.15, 0.2) is 0 Å². The van der Waals surface area contributed by atoms with Gasteiger partial charge in [-0.05, 0) is 0 Å². The summed E-state index contributed by atoms with van der Waals surface area (Å²) in [7, 11) is 0.865. The molecule has 1 heterocycles. The number of hydrogen-bond acceptors (Lipinski definition) is 2. The molecule has 1 aliphatic rings. The number of sulfone groups is 1. The Morgan fingerprint density at radius 3 is 2.44 bits per heavy atom. The van der Waals surface area contributed by atoms with Gasteiger partial charge in [-0.15, -0.1) is 0 Å². The maximum atomic E-state index is 10.8. The van der Waals surface area contributed by atoms with E-state index < -0.39 is 9.84 Å². The third-order valence-electron chi connectivity index (χ3n) is 1.60. The standard InChI is InChI=1S/C5H11NO2S/c1-6-5-2-3-9(7,8)4-5/h5H,1-4,6H2. The maximum absolute atomic E-state index is 10.8. The van der Waals surface area contributed by atoms with Gasteiger partial charge in [-0.3, -0.25) is 0 Å². The van der Waals surface area contributed by atoms with Crippen LogP contribution >= 0.6 is 0 Å². The van der Waals surface area contributed by atoms with E-state index in [1.54, 1.807) is 5.32 Å². The Kier molecular flexibility index (Phi) is 1.77. The van der Waals surface area contributed by atoms with Gasteiger partial charge >= 0.3 is 0 Å². The lowest BCUT2D eigenvalue weighted by atomic mass is 10.3. The summed E-state index contributed by atoms with van der Waals surface area (Å²) in [5, 5.41) is 1.73. The minimum Gasteiger partial charge on any atom is -0.476 e. The van der Waals surface area contributed by atoms with Crippen molar-refractivity contribution < 1.29 is 13.7 Å². The van der Waals surface area contributed by atoms with Crippen LogP contribution in [0.3, 0.4) is 0 Å². The maximum Gasteiger partial charge on any atom is 0.156 e. The highest BCUT2D eigenvalue weighted by molar-refractivity contribution is 7.91. The lowest BCUT2D eigenvalue weighted by molar-refractivity contribution is -0.628. The summed E-state index contributed by atoms with van der Waals surface area (Å²) in [5.41, 5.74) is 0. The second kappa shape index (κ2) is 2.27. The lowest BCUT2D eigenvalue weighted by Crippen LogP contribution is -2.84. The van der Waals surface area contributed by atoms with Gasteiger partial charge in [-0.2, -0.15) is 7.05 Å². The zero-order chi connectivity index (χ0) is 6.91. The monoisotopic (exact) mass is 149 g/mol. The van der Waals surface area contributed by atoms with Crippen molar-refractivity contribution >= 4 is 9.84 Å². The fourth-order valence-electron chi connectivity index (χ4n) is 1.01. The fourth-order valence-corrected chi connectivity index (χ4v) is 2.79. The van der Waals surface area contributed by atoms with Crippen molar-refractivity contribution in [2.24, 2.45) is 0 Å². The molecule has 0 bridgehead atoms. The number of rotatable bonds is 1. The number of hydrogen-bond donors (Lipinski definition) is 1. The third-order valence-corrected chi connectivity index (χ3v) is 3.39. The topological polar surface area (TPSA) is 50.8 Å². The van der Waals surface area contributed by atoms with Gasteiger partial charge in [0.15, 0.2) is 9.84 Å². The van der Waals surface area contributed by atoms with E-state index in [9.17, 15) is 8.42 Å². The molecule has 0 amide bonds. The summed E-state index contributed by atoms with van der Waals surface area (Å²) in [5.74, 6) is 0.667. The van der Waals surface area contributed by atoms with Crippen molar-refractivity contribution in [1.82, 2.24) is 0 Å². The van der Waals surface area contributed by atoms with Gasteiger partial charge in [0.2, 0.25) is 0 Å². The van der Waals surface area contributed by atoms with E-state index >= 15 is 0 Å². The Morgan fingerprint density at radius 1 is 1.56 bits per heavy atom. The molecule has 3 nitrogen and oxygen atoms in total. The minimum absolute atomic E-state index is 0.218. The first-order valence-electron chi connectivity index (χ1n) is 2.97. The molecule has 1 rings (SSSR count). The zero-order valence-electron chi connectivity index (χ0n) is 5.21. The fraction of sp³-hybridized carbons (Fsp3) is 0.800. The molecule has 1 atom stereocenters. The van der Waals surface area contributed by atoms with E-state index in [0.29, 0.717) is 11.5 Å². The van der Waals surface area contributed by atoms with Crippen molar-refractivity contribution in [3.8, 4) is 0 Å². The Bertz CT molecular complexity index is 185. The van der Waals surface area contributed by atoms with Crippen molar-refractivity contribution in [3.05, 3.63) is 7.05 Å². The first-order chi connectivity index (χ1) is 4.14. The molecule has 0 aromatic heterocycles.